The molecular formula is C19H27N. The highest BCUT2D eigenvalue weighted by atomic mass is 14.6. The average molecular weight is 269 g/mol. The smallest absolute Gasteiger partial charge is 0.0349 e. The Morgan fingerprint density at radius 2 is 1.80 bits per heavy atom. The first-order valence-corrected chi connectivity index (χ1v) is 7.46. The number of nitrogens with two attached hydrogens (primary N) is 1. The molecule has 2 N–H and O–H groups in total. The van der Waals surface area contributed by atoms with Gasteiger partial charge in [-0.2, -0.15) is 0 Å². The van der Waals surface area contributed by atoms with Crippen molar-refractivity contribution in [3.8, 4) is 0 Å². The van der Waals surface area contributed by atoms with Crippen LogP contribution in [-0.2, 0) is 6.42 Å². The molecule has 0 aromatic heterocycles. The highest BCUT2D eigenvalue weighted by Crippen LogP contribution is 2.45. The molecule has 0 fully saturated rings. The minimum Gasteiger partial charge on any atom is -0.398 e. The van der Waals surface area contributed by atoms with Gasteiger partial charge in [0.25, 0.3) is 0 Å². The van der Waals surface area contributed by atoms with Crippen molar-refractivity contribution < 1.29 is 0 Å². The van der Waals surface area contributed by atoms with Crippen LogP contribution in [0, 0.1) is 31.1 Å². The third-order valence-electron chi connectivity index (χ3n) is 5.30. The SMILES string of the molecule is C=C1C=CC(C)C(C)(C)C1Cc1cc(C)c(C)cc1N. The summed E-state index contributed by atoms with van der Waals surface area (Å²) in [6.45, 7) is 15.5. The van der Waals surface area contributed by atoms with Crippen LogP contribution in [0.25, 0.3) is 0 Å². The van der Waals surface area contributed by atoms with Crippen molar-refractivity contribution in [2.75, 3.05) is 5.73 Å². The third kappa shape index (κ3) is 2.54. The Morgan fingerprint density at radius 3 is 2.45 bits per heavy atom. The van der Waals surface area contributed by atoms with E-state index in [1.807, 2.05) is 0 Å². The maximum atomic E-state index is 6.23. The number of hydrogen-bond acceptors (Lipinski definition) is 1. The molecule has 1 nitrogen and oxygen atoms in total. The van der Waals surface area contributed by atoms with Crippen LogP contribution >= 0.6 is 0 Å². The lowest BCUT2D eigenvalue weighted by Gasteiger charge is -2.42. The summed E-state index contributed by atoms with van der Waals surface area (Å²) in [7, 11) is 0. The van der Waals surface area contributed by atoms with E-state index in [0.29, 0.717) is 11.8 Å². The van der Waals surface area contributed by atoms with E-state index in [1.165, 1.54) is 22.3 Å². The average Bonchev–Trinajstić information content (AvgIpc) is 2.36. The van der Waals surface area contributed by atoms with Crippen LogP contribution in [0.4, 0.5) is 5.69 Å². The van der Waals surface area contributed by atoms with E-state index in [0.717, 1.165) is 12.1 Å². The molecule has 1 aliphatic rings. The van der Waals surface area contributed by atoms with Crippen LogP contribution in [0.1, 0.15) is 37.5 Å². The van der Waals surface area contributed by atoms with E-state index >= 15 is 0 Å². The lowest BCUT2D eigenvalue weighted by Crippen LogP contribution is -2.35. The van der Waals surface area contributed by atoms with E-state index in [1.54, 1.807) is 0 Å². The van der Waals surface area contributed by atoms with E-state index in [-0.39, 0.29) is 5.41 Å². The second-order valence-corrected chi connectivity index (χ2v) is 6.94. The monoisotopic (exact) mass is 269 g/mol. The van der Waals surface area contributed by atoms with Crippen LogP contribution < -0.4 is 5.73 Å². The fourth-order valence-corrected chi connectivity index (χ4v) is 3.12. The fourth-order valence-electron chi connectivity index (χ4n) is 3.12. The number of rotatable bonds is 2. The number of anilines is 1. The van der Waals surface area contributed by atoms with Crippen LogP contribution in [-0.4, -0.2) is 0 Å². The van der Waals surface area contributed by atoms with Crippen molar-refractivity contribution in [1.29, 1.82) is 0 Å². The molecule has 0 heterocycles. The quantitative estimate of drug-likeness (QED) is 0.764. The molecule has 1 aromatic carbocycles. The van der Waals surface area contributed by atoms with Crippen molar-refractivity contribution in [2.24, 2.45) is 17.3 Å². The maximum absolute atomic E-state index is 6.23. The molecular weight excluding hydrogens is 242 g/mol. The molecule has 108 valence electrons. The molecule has 0 saturated heterocycles. The maximum Gasteiger partial charge on any atom is 0.0349 e. The first-order valence-electron chi connectivity index (χ1n) is 7.46. The van der Waals surface area contributed by atoms with Gasteiger partial charge < -0.3 is 5.73 Å². The second kappa shape index (κ2) is 5.12. The summed E-state index contributed by atoms with van der Waals surface area (Å²) in [5.41, 5.74) is 12.4. The molecule has 0 aliphatic heterocycles. The lowest BCUT2D eigenvalue weighted by atomic mass is 9.62. The largest absolute Gasteiger partial charge is 0.398 e. The number of allylic oxidation sites excluding steroid dienone is 3. The van der Waals surface area contributed by atoms with Crippen LogP contribution in [0.15, 0.2) is 36.4 Å². The summed E-state index contributed by atoms with van der Waals surface area (Å²) in [4.78, 5) is 0. The van der Waals surface area contributed by atoms with Crippen LogP contribution in [0.2, 0.25) is 0 Å². The van der Waals surface area contributed by atoms with E-state index in [9.17, 15) is 0 Å². The van der Waals surface area contributed by atoms with Gasteiger partial charge in [-0.05, 0) is 60.3 Å². The van der Waals surface area contributed by atoms with Crippen molar-refractivity contribution in [2.45, 2.75) is 41.0 Å². The number of hydrogen-bond donors (Lipinski definition) is 1. The zero-order valence-electron chi connectivity index (χ0n) is 13.5. The molecule has 0 radical (unpaired) electrons. The molecule has 0 amide bonds. The van der Waals surface area contributed by atoms with Gasteiger partial charge in [0.1, 0.15) is 0 Å². The Morgan fingerprint density at radius 1 is 1.20 bits per heavy atom. The summed E-state index contributed by atoms with van der Waals surface area (Å²) < 4.78 is 0. The van der Waals surface area contributed by atoms with Gasteiger partial charge >= 0.3 is 0 Å². The topological polar surface area (TPSA) is 26.0 Å². The summed E-state index contributed by atoms with van der Waals surface area (Å²) >= 11 is 0. The normalized spacial score (nSPS) is 24.9. The Hall–Kier alpha value is -1.50. The summed E-state index contributed by atoms with van der Waals surface area (Å²) in [6, 6.07) is 4.35. The van der Waals surface area contributed by atoms with Crippen molar-refractivity contribution >= 4 is 5.69 Å². The molecule has 2 atom stereocenters. The first kappa shape index (κ1) is 14.9. The van der Waals surface area contributed by atoms with Gasteiger partial charge in [-0.1, -0.05) is 51.1 Å². The lowest BCUT2D eigenvalue weighted by molar-refractivity contribution is 0.177. The van der Waals surface area contributed by atoms with Crippen molar-refractivity contribution in [3.05, 3.63) is 53.1 Å². The predicted molar refractivity (Wildman–Crippen MR) is 88.7 cm³/mol. The van der Waals surface area contributed by atoms with Crippen LogP contribution in [0.5, 0.6) is 0 Å². The number of aryl methyl sites for hydroxylation is 2. The Balaban J connectivity index is 2.36. The van der Waals surface area contributed by atoms with Gasteiger partial charge in [0, 0.05) is 5.69 Å². The highest BCUT2D eigenvalue weighted by Gasteiger charge is 2.37. The van der Waals surface area contributed by atoms with E-state index in [2.05, 4.69) is 65.5 Å². The summed E-state index contributed by atoms with van der Waals surface area (Å²) in [5, 5.41) is 0. The predicted octanol–water partition coefficient (Wildman–Crippen LogP) is 4.83. The minimum absolute atomic E-state index is 0.219. The molecule has 1 aromatic rings. The zero-order chi connectivity index (χ0) is 15.1. The first-order chi connectivity index (χ1) is 9.23. The Kier molecular flexibility index (Phi) is 3.82. The van der Waals surface area contributed by atoms with Gasteiger partial charge in [0.05, 0.1) is 0 Å². The minimum atomic E-state index is 0.219. The third-order valence-corrected chi connectivity index (χ3v) is 5.30. The molecule has 20 heavy (non-hydrogen) atoms. The van der Waals surface area contributed by atoms with Gasteiger partial charge in [0.15, 0.2) is 0 Å². The standard InChI is InChI=1S/C19H27N/c1-12-7-8-15(4)19(5,6)17(12)11-16-9-13(2)14(3)10-18(16)20/h7-10,15,17H,1,11,20H2,2-6H3. The fraction of sp³-hybridized carbons (Fsp3) is 0.474. The number of nitrogen functional groups attached to an aromatic ring is 1. The molecule has 2 unspecified atom stereocenters. The molecule has 0 bridgehead atoms. The van der Waals surface area contributed by atoms with Gasteiger partial charge in [0.2, 0.25) is 0 Å². The zero-order valence-corrected chi connectivity index (χ0v) is 13.5. The molecule has 1 heteroatoms. The summed E-state index contributed by atoms with van der Waals surface area (Å²) in [5.74, 6) is 1.01. The molecule has 2 rings (SSSR count). The Bertz CT molecular complexity index is 563. The molecule has 1 aliphatic carbocycles. The van der Waals surface area contributed by atoms with Crippen molar-refractivity contribution in [3.63, 3.8) is 0 Å². The van der Waals surface area contributed by atoms with E-state index < -0.39 is 0 Å². The highest BCUT2D eigenvalue weighted by molar-refractivity contribution is 5.52. The summed E-state index contributed by atoms with van der Waals surface area (Å²) in [6.07, 6.45) is 5.45. The van der Waals surface area contributed by atoms with Crippen LogP contribution in [0.3, 0.4) is 0 Å². The molecule has 0 spiro atoms. The second-order valence-electron chi connectivity index (χ2n) is 6.94. The van der Waals surface area contributed by atoms with Gasteiger partial charge in [-0.3, -0.25) is 0 Å². The Labute approximate surface area is 123 Å². The van der Waals surface area contributed by atoms with E-state index in [4.69, 9.17) is 5.73 Å². The molecule has 0 saturated carbocycles. The van der Waals surface area contributed by atoms with Gasteiger partial charge in [-0.25, -0.2) is 0 Å². The van der Waals surface area contributed by atoms with Gasteiger partial charge in [-0.15, -0.1) is 0 Å². The van der Waals surface area contributed by atoms with Crippen molar-refractivity contribution in [1.82, 2.24) is 0 Å². The number of benzene rings is 1.